The lowest BCUT2D eigenvalue weighted by atomic mass is 9.61. The van der Waals surface area contributed by atoms with Crippen molar-refractivity contribution in [1.82, 2.24) is 0 Å². The van der Waals surface area contributed by atoms with Crippen LogP contribution in [0.5, 0.6) is 0 Å². The highest BCUT2D eigenvalue weighted by Crippen LogP contribution is 2.62. The number of hydrogen-bond donors (Lipinski definition) is 0. The monoisotopic (exact) mass is 819 g/mol. The summed E-state index contributed by atoms with van der Waals surface area (Å²) in [6, 6.07) is 73.5. The highest BCUT2D eigenvalue weighted by molar-refractivity contribution is 6.33. The third-order valence-corrected chi connectivity index (χ3v) is 15.9. The van der Waals surface area contributed by atoms with E-state index in [4.69, 9.17) is 0 Å². The zero-order chi connectivity index (χ0) is 42.7. The summed E-state index contributed by atoms with van der Waals surface area (Å²) in [6.45, 7) is 7.49. The molecule has 2 atom stereocenters. The lowest BCUT2D eigenvalue weighted by Crippen LogP contribution is -2.54. The molecule has 1 nitrogen and oxygen atoms in total. The molecule has 64 heavy (non-hydrogen) atoms. The molecule has 13 rings (SSSR count). The van der Waals surface area contributed by atoms with Crippen LogP contribution in [0.3, 0.4) is 0 Å². The Morgan fingerprint density at radius 2 is 0.875 bits per heavy atom. The second-order valence-corrected chi connectivity index (χ2v) is 19.1. The SMILES string of the molecule is Cc1cc(-c2cc(-c3cccc4ccccc34)c3ccc4c(-c5ccccc5)cc(-c5cccc6ccccc56)c5ccc2c3c45)cc2c1N(c1ccccc1)C1(C)CCCCC21C. The number of nitrogens with zero attached hydrogens (tertiary/aromatic N) is 1. The van der Waals surface area contributed by atoms with Gasteiger partial charge in [0.15, 0.2) is 0 Å². The van der Waals surface area contributed by atoms with Gasteiger partial charge in [-0.05, 0) is 173 Å². The summed E-state index contributed by atoms with van der Waals surface area (Å²) in [5.41, 5.74) is 15.7. The molecule has 1 aliphatic heterocycles. The van der Waals surface area contributed by atoms with Crippen molar-refractivity contribution in [2.45, 2.75) is 57.4 Å². The summed E-state index contributed by atoms with van der Waals surface area (Å²) in [5.74, 6) is 0. The van der Waals surface area contributed by atoms with Gasteiger partial charge >= 0.3 is 0 Å². The zero-order valence-electron chi connectivity index (χ0n) is 36.8. The van der Waals surface area contributed by atoms with Crippen molar-refractivity contribution < 1.29 is 0 Å². The number of anilines is 2. The third-order valence-electron chi connectivity index (χ3n) is 15.9. The molecule has 0 saturated heterocycles. The van der Waals surface area contributed by atoms with Crippen molar-refractivity contribution >= 4 is 65.2 Å². The van der Waals surface area contributed by atoms with Crippen LogP contribution in [0.2, 0.25) is 0 Å². The number of aryl methyl sites for hydroxylation is 1. The van der Waals surface area contributed by atoms with Crippen molar-refractivity contribution in [3.8, 4) is 44.5 Å². The summed E-state index contributed by atoms with van der Waals surface area (Å²) >= 11 is 0. The van der Waals surface area contributed by atoms with E-state index in [1.807, 2.05) is 0 Å². The van der Waals surface area contributed by atoms with Gasteiger partial charge in [-0.15, -0.1) is 0 Å². The molecular formula is C63H49N. The first-order valence-corrected chi connectivity index (χ1v) is 23.2. The maximum atomic E-state index is 2.73. The van der Waals surface area contributed by atoms with E-state index >= 15 is 0 Å². The van der Waals surface area contributed by atoms with Crippen LogP contribution in [0.4, 0.5) is 11.4 Å². The maximum Gasteiger partial charge on any atom is 0.0518 e. The standard InChI is InChI=1S/C63H49N/c1-40-36-44(37-58-61(40)64(45-24-8-5-9-25-45)63(3)35-15-14-34-62(58,63)2)55-39-57(49-29-17-23-42-21-11-13-27-47(42)49)53-32-30-50-54(43-18-6-4-7-19-43)38-56(52-33-31-51(55)60(53)59(50)52)48-28-16-22-41-20-10-12-26-46(41)48/h4-13,16-33,36-39H,14-15,34-35H2,1-3H3. The van der Waals surface area contributed by atoms with Crippen molar-refractivity contribution in [3.63, 3.8) is 0 Å². The first-order chi connectivity index (χ1) is 31.4. The highest BCUT2D eigenvalue weighted by atomic mass is 15.3. The number of para-hydroxylation sites is 1. The fourth-order valence-corrected chi connectivity index (χ4v) is 12.6. The first-order valence-electron chi connectivity index (χ1n) is 23.2. The third kappa shape index (κ3) is 5.19. The largest absolute Gasteiger partial charge is 0.334 e. The van der Waals surface area contributed by atoms with Gasteiger partial charge in [0, 0.05) is 16.8 Å². The second-order valence-electron chi connectivity index (χ2n) is 19.1. The van der Waals surface area contributed by atoms with E-state index in [2.05, 4.69) is 220 Å². The fourth-order valence-electron chi connectivity index (χ4n) is 12.6. The predicted octanol–water partition coefficient (Wildman–Crippen LogP) is 17.6. The molecule has 0 radical (unpaired) electrons. The summed E-state index contributed by atoms with van der Waals surface area (Å²) < 4.78 is 0. The number of fused-ring (bicyclic) bond motifs is 5. The molecule has 1 heteroatoms. The van der Waals surface area contributed by atoms with Crippen LogP contribution in [0.15, 0.2) is 194 Å². The van der Waals surface area contributed by atoms with E-state index in [-0.39, 0.29) is 11.0 Å². The molecule has 0 amide bonds. The molecule has 1 aliphatic carbocycles. The lowest BCUT2D eigenvalue weighted by Gasteiger charge is -2.50. The Bertz CT molecular complexity index is 3650. The molecule has 1 fully saturated rings. The van der Waals surface area contributed by atoms with Gasteiger partial charge < -0.3 is 4.90 Å². The second kappa shape index (κ2) is 13.9. The van der Waals surface area contributed by atoms with Crippen molar-refractivity contribution in [3.05, 3.63) is 205 Å². The lowest BCUT2D eigenvalue weighted by molar-refractivity contribution is 0.195. The van der Waals surface area contributed by atoms with Gasteiger partial charge in [0.25, 0.3) is 0 Å². The van der Waals surface area contributed by atoms with Gasteiger partial charge in [0.1, 0.15) is 0 Å². The Balaban J connectivity index is 1.17. The van der Waals surface area contributed by atoms with Crippen molar-refractivity contribution in [1.29, 1.82) is 0 Å². The van der Waals surface area contributed by atoms with Gasteiger partial charge in [0.2, 0.25) is 0 Å². The fraction of sp³-hybridized carbons (Fsp3) is 0.143. The zero-order valence-corrected chi connectivity index (χ0v) is 36.8. The van der Waals surface area contributed by atoms with Crippen molar-refractivity contribution in [2.24, 2.45) is 0 Å². The van der Waals surface area contributed by atoms with E-state index in [0.717, 1.165) is 0 Å². The minimum atomic E-state index is -0.0268. The quantitative estimate of drug-likeness (QED) is 0.156. The van der Waals surface area contributed by atoms with E-state index in [0.29, 0.717) is 0 Å². The Morgan fingerprint density at radius 1 is 0.391 bits per heavy atom. The summed E-state index contributed by atoms with van der Waals surface area (Å²) in [6.07, 6.45) is 4.87. The summed E-state index contributed by atoms with van der Waals surface area (Å²) in [5, 5.41) is 12.9. The average molecular weight is 820 g/mol. The molecule has 0 spiro atoms. The van der Waals surface area contributed by atoms with Gasteiger partial charge in [0.05, 0.1) is 5.54 Å². The number of rotatable bonds is 5. The Morgan fingerprint density at radius 3 is 1.47 bits per heavy atom. The first kappa shape index (κ1) is 37.3. The molecule has 1 saturated carbocycles. The van der Waals surface area contributed by atoms with Gasteiger partial charge in [-0.2, -0.15) is 0 Å². The normalized spacial score (nSPS) is 18.4. The molecule has 0 bridgehead atoms. The van der Waals surface area contributed by atoms with E-state index in [1.54, 1.807) is 0 Å². The van der Waals surface area contributed by atoms with Gasteiger partial charge in [-0.25, -0.2) is 0 Å². The number of hydrogen-bond acceptors (Lipinski definition) is 1. The van der Waals surface area contributed by atoms with Crippen LogP contribution in [-0.4, -0.2) is 5.54 Å². The van der Waals surface area contributed by atoms with Crippen LogP contribution in [0.25, 0.3) is 98.4 Å². The molecule has 11 aromatic rings. The van der Waals surface area contributed by atoms with Gasteiger partial charge in [-0.3, -0.25) is 0 Å². The van der Waals surface area contributed by atoms with E-state index in [1.165, 1.54) is 147 Å². The molecule has 11 aromatic carbocycles. The molecule has 2 unspecified atom stereocenters. The average Bonchev–Trinajstić information content (AvgIpc) is 3.56. The van der Waals surface area contributed by atoms with Crippen LogP contribution in [0, 0.1) is 6.92 Å². The van der Waals surface area contributed by atoms with Crippen LogP contribution >= 0.6 is 0 Å². The molecule has 1 heterocycles. The molecule has 0 aromatic heterocycles. The highest BCUT2D eigenvalue weighted by Gasteiger charge is 2.58. The van der Waals surface area contributed by atoms with Crippen LogP contribution < -0.4 is 4.90 Å². The Labute approximate surface area is 375 Å². The van der Waals surface area contributed by atoms with E-state index in [9.17, 15) is 0 Å². The number of benzene rings is 11. The van der Waals surface area contributed by atoms with E-state index < -0.39 is 0 Å². The predicted molar refractivity (Wildman–Crippen MR) is 274 cm³/mol. The summed E-state index contributed by atoms with van der Waals surface area (Å²) in [7, 11) is 0. The minimum Gasteiger partial charge on any atom is -0.334 e. The smallest absolute Gasteiger partial charge is 0.0518 e. The summed E-state index contributed by atoms with van der Waals surface area (Å²) in [4.78, 5) is 2.73. The topological polar surface area (TPSA) is 3.24 Å². The Kier molecular flexibility index (Phi) is 8.10. The minimum absolute atomic E-state index is 0.00259. The Hall–Kier alpha value is -7.22. The maximum absolute atomic E-state index is 2.73. The molecule has 0 N–H and O–H groups in total. The van der Waals surface area contributed by atoms with Crippen molar-refractivity contribution in [2.75, 3.05) is 4.90 Å². The van der Waals surface area contributed by atoms with Gasteiger partial charge in [-0.1, -0.05) is 177 Å². The molecule has 2 aliphatic rings. The van der Waals surface area contributed by atoms with Crippen LogP contribution in [0.1, 0.15) is 50.7 Å². The molecule has 306 valence electrons. The molecular weight excluding hydrogens is 771 g/mol. The van der Waals surface area contributed by atoms with Crippen LogP contribution in [-0.2, 0) is 5.41 Å².